The molecular weight excluding hydrogens is 415 g/mol. The summed E-state index contributed by atoms with van der Waals surface area (Å²) in [7, 11) is 0. The van der Waals surface area contributed by atoms with E-state index < -0.39 is 0 Å². The number of fused-ring (bicyclic) bond motifs is 9. The molecule has 6 rings (SSSR count). The third-order valence-corrected chi connectivity index (χ3v) is 6.73. The smallest absolute Gasteiger partial charge is 0.0178 e. The van der Waals surface area contributed by atoms with Gasteiger partial charge in [0.2, 0.25) is 0 Å². The lowest BCUT2D eigenvalue weighted by Crippen LogP contribution is -1.91. The van der Waals surface area contributed by atoms with Gasteiger partial charge in [0, 0.05) is 3.57 Å². The van der Waals surface area contributed by atoms with Crippen LogP contribution in [0.15, 0.2) is 66.7 Å². The third-order valence-electron chi connectivity index (χ3n) is 5.77. The van der Waals surface area contributed by atoms with E-state index in [2.05, 4.69) is 89.3 Å². The molecule has 0 atom stereocenters. The van der Waals surface area contributed by atoms with Gasteiger partial charge in [0.15, 0.2) is 0 Å². The highest BCUT2D eigenvalue weighted by atomic mass is 127. The number of benzene rings is 4. The lowest BCUT2D eigenvalue weighted by Gasteiger charge is -2.14. The van der Waals surface area contributed by atoms with Gasteiger partial charge in [-0.15, -0.1) is 0 Å². The first-order valence-electron chi connectivity index (χ1n) is 8.75. The van der Waals surface area contributed by atoms with Crippen LogP contribution in [-0.4, -0.2) is 0 Å². The summed E-state index contributed by atoms with van der Waals surface area (Å²) >= 11 is 2.52. The Balaban J connectivity index is 1.83. The molecule has 0 amide bonds. The second kappa shape index (κ2) is 4.95. The van der Waals surface area contributed by atoms with E-state index >= 15 is 0 Å². The number of hydrogen-bond acceptors (Lipinski definition) is 0. The Morgan fingerprint density at radius 3 is 2.12 bits per heavy atom. The lowest BCUT2D eigenvalue weighted by atomic mass is 9.91. The molecular formula is C24H15I. The molecule has 0 saturated heterocycles. The second-order valence-corrected chi connectivity index (χ2v) is 8.24. The monoisotopic (exact) mass is 430 g/mol. The Morgan fingerprint density at radius 2 is 1.32 bits per heavy atom. The minimum Gasteiger partial charge on any atom is -0.0619 e. The molecule has 0 saturated carbocycles. The average Bonchev–Trinajstić information content (AvgIpc) is 3.20. The van der Waals surface area contributed by atoms with Crippen molar-refractivity contribution in [3.05, 3.63) is 92.6 Å². The molecule has 4 aromatic carbocycles. The van der Waals surface area contributed by atoms with Crippen LogP contribution in [0.4, 0.5) is 0 Å². The maximum atomic E-state index is 2.52. The van der Waals surface area contributed by atoms with Gasteiger partial charge in [0.25, 0.3) is 0 Å². The van der Waals surface area contributed by atoms with Crippen molar-refractivity contribution < 1.29 is 0 Å². The van der Waals surface area contributed by atoms with Crippen molar-refractivity contribution in [2.75, 3.05) is 0 Å². The van der Waals surface area contributed by atoms with Crippen LogP contribution >= 0.6 is 22.6 Å². The molecule has 25 heavy (non-hydrogen) atoms. The van der Waals surface area contributed by atoms with Crippen LogP contribution < -0.4 is 0 Å². The Morgan fingerprint density at radius 1 is 0.640 bits per heavy atom. The summed E-state index contributed by atoms with van der Waals surface area (Å²) in [6, 6.07) is 24.9. The predicted molar refractivity (Wildman–Crippen MR) is 113 cm³/mol. The highest BCUT2D eigenvalue weighted by Gasteiger charge is 2.28. The number of hydrogen-bond donors (Lipinski definition) is 0. The van der Waals surface area contributed by atoms with Crippen LogP contribution in [0.1, 0.15) is 22.3 Å². The molecule has 0 radical (unpaired) electrons. The Hall–Kier alpha value is -2.13. The van der Waals surface area contributed by atoms with Crippen molar-refractivity contribution in [3.63, 3.8) is 0 Å². The first kappa shape index (κ1) is 14.1. The molecule has 2 aliphatic carbocycles. The predicted octanol–water partition coefficient (Wildman–Crippen LogP) is 6.59. The first-order chi connectivity index (χ1) is 12.3. The van der Waals surface area contributed by atoms with Crippen molar-refractivity contribution in [1.29, 1.82) is 0 Å². The van der Waals surface area contributed by atoms with Gasteiger partial charge < -0.3 is 0 Å². The molecule has 0 nitrogen and oxygen atoms in total. The van der Waals surface area contributed by atoms with Gasteiger partial charge in [-0.3, -0.25) is 0 Å². The van der Waals surface area contributed by atoms with Crippen LogP contribution in [0.25, 0.3) is 33.0 Å². The van der Waals surface area contributed by atoms with Gasteiger partial charge in [-0.25, -0.2) is 0 Å². The summed E-state index contributed by atoms with van der Waals surface area (Å²) < 4.78 is 1.39. The van der Waals surface area contributed by atoms with Crippen molar-refractivity contribution in [3.8, 4) is 22.3 Å². The van der Waals surface area contributed by atoms with E-state index in [1.807, 2.05) is 0 Å². The van der Waals surface area contributed by atoms with E-state index in [1.165, 1.54) is 58.9 Å². The maximum Gasteiger partial charge on any atom is 0.0178 e. The van der Waals surface area contributed by atoms with E-state index in [-0.39, 0.29) is 0 Å². The van der Waals surface area contributed by atoms with Gasteiger partial charge in [-0.2, -0.15) is 0 Å². The minimum absolute atomic E-state index is 1.06. The van der Waals surface area contributed by atoms with Crippen LogP contribution in [0, 0.1) is 3.57 Å². The first-order valence-corrected chi connectivity index (χ1v) is 9.82. The molecule has 0 spiro atoms. The zero-order valence-corrected chi connectivity index (χ0v) is 15.8. The normalized spacial score (nSPS) is 13.5. The molecule has 0 unspecified atom stereocenters. The fourth-order valence-corrected chi connectivity index (χ4v) is 5.50. The molecule has 4 aromatic rings. The number of rotatable bonds is 0. The van der Waals surface area contributed by atoms with Crippen molar-refractivity contribution in [2.45, 2.75) is 12.8 Å². The summed E-state index contributed by atoms with van der Waals surface area (Å²) in [6.07, 6.45) is 2.12. The largest absolute Gasteiger partial charge is 0.0619 e. The van der Waals surface area contributed by atoms with Gasteiger partial charge in [0.1, 0.15) is 0 Å². The third kappa shape index (κ3) is 1.82. The molecule has 0 bridgehead atoms. The minimum atomic E-state index is 1.06. The fourth-order valence-electron chi connectivity index (χ4n) is 4.70. The van der Waals surface area contributed by atoms with Crippen molar-refractivity contribution >= 4 is 33.4 Å². The maximum absolute atomic E-state index is 2.52. The van der Waals surface area contributed by atoms with Crippen LogP contribution in [0.5, 0.6) is 0 Å². The topological polar surface area (TPSA) is 0 Å². The van der Waals surface area contributed by atoms with E-state index in [0.717, 1.165) is 12.8 Å². The lowest BCUT2D eigenvalue weighted by molar-refractivity contribution is 1.25. The highest BCUT2D eigenvalue weighted by molar-refractivity contribution is 14.1. The van der Waals surface area contributed by atoms with Gasteiger partial charge in [0.05, 0.1) is 0 Å². The molecule has 0 aliphatic heterocycles. The molecule has 0 aromatic heterocycles. The summed E-state index contributed by atoms with van der Waals surface area (Å²) in [6.45, 7) is 0. The zero-order valence-electron chi connectivity index (χ0n) is 13.6. The van der Waals surface area contributed by atoms with Crippen molar-refractivity contribution in [1.82, 2.24) is 0 Å². The number of halogens is 1. The van der Waals surface area contributed by atoms with E-state index in [1.54, 1.807) is 0 Å². The van der Waals surface area contributed by atoms with Crippen LogP contribution in [0.2, 0.25) is 0 Å². The molecule has 1 heteroatoms. The van der Waals surface area contributed by atoms with Gasteiger partial charge in [-0.05, 0) is 96.8 Å². The van der Waals surface area contributed by atoms with Gasteiger partial charge in [-0.1, -0.05) is 60.7 Å². The zero-order chi connectivity index (χ0) is 16.5. The molecule has 0 heterocycles. The quantitative estimate of drug-likeness (QED) is 0.239. The summed E-state index contributed by atoms with van der Waals surface area (Å²) in [5.41, 5.74) is 11.7. The van der Waals surface area contributed by atoms with Crippen LogP contribution in [0.3, 0.4) is 0 Å². The highest BCUT2D eigenvalue weighted by Crippen LogP contribution is 2.49. The Labute approximate surface area is 160 Å². The molecule has 0 fully saturated rings. The summed E-state index contributed by atoms with van der Waals surface area (Å²) in [5.74, 6) is 0. The van der Waals surface area contributed by atoms with E-state index in [9.17, 15) is 0 Å². The average molecular weight is 430 g/mol. The molecule has 2 aliphatic rings. The second-order valence-electron chi connectivity index (χ2n) is 7.08. The van der Waals surface area contributed by atoms with Crippen molar-refractivity contribution in [2.24, 2.45) is 0 Å². The standard InChI is InChI=1S/C24H15I/c25-21-13-17-10-9-16-11-14-5-1-3-7-18(14)22(16)23(17)24-19-8-4-2-6-15(19)12-20(21)24/h1-10,13H,11-12H2. The van der Waals surface area contributed by atoms with Gasteiger partial charge >= 0.3 is 0 Å². The van der Waals surface area contributed by atoms with E-state index in [0.29, 0.717) is 0 Å². The van der Waals surface area contributed by atoms with E-state index in [4.69, 9.17) is 0 Å². The molecule has 118 valence electrons. The van der Waals surface area contributed by atoms with Crippen LogP contribution in [-0.2, 0) is 12.8 Å². The molecule has 0 N–H and O–H groups in total. The summed E-state index contributed by atoms with van der Waals surface area (Å²) in [5, 5.41) is 2.83. The SMILES string of the molecule is Ic1cc2ccc3c(c2c2c1Cc1ccccc1-2)-c1ccccc1C3. The Bertz CT molecular complexity index is 1200. The summed E-state index contributed by atoms with van der Waals surface area (Å²) in [4.78, 5) is 0. The fraction of sp³-hybridized carbons (Fsp3) is 0.0833. The Kier molecular flexibility index (Phi) is 2.79.